The summed E-state index contributed by atoms with van der Waals surface area (Å²) in [5.74, 6) is 0.147. The first-order chi connectivity index (χ1) is 10.1. The Balaban J connectivity index is 1.84. The van der Waals surface area contributed by atoms with Gasteiger partial charge in [-0.05, 0) is 25.0 Å². The molecule has 0 unspecified atom stereocenters. The Hall–Kier alpha value is -1.95. The largest absolute Gasteiger partial charge is 0.435 e. The smallest absolute Gasteiger partial charge is 0.387 e. The van der Waals surface area contributed by atoms with Crippen molar-refractivity contribution in [1.29, 1.82) is 0 Å². The maximum absolute atomic E-state index is 12.3. The van der Waals surface area contributed by atoms with Crippen molar-refractivity contribution in [3.63, 3.8) is 0 Å². The van der Waals surface area contributed by atoms with E-state index >= 15 is 0 Å². The monoisotopic (exact) mass is 293 g/mol. The van der Waals surface area contributed by atoms with Crippen LogP contribution in [0, 0.1) is 0 Å². The van der Waals surface area contributed by atoms with Gasteiger partial charge >= 0.3 is 6.61 Å². The number of rotatable bonds is 6. The summed E-state index contributed by atoms with van der Waals surface area (Å²) in [5, 5.41) is 7.87. The third-order valence-electron chi connectivity index (χ3n) is 3.40. The lowest BCUT2D eigenvalue weighted by Crippen LogP contribution is -2.15. The van der Waals surface area contributed by atoms with Gasteiger partial charge in [0.15, 0.2) is 0 Å². The molecule has 1 aliphatic carbocycles. The lowest BCUT2D eigenvalue weighted by molar-refractivity contribution is -0.0498. The normalized spacial score (nSPS) is 14.7. The summed E-state index contributed by atoms with van der Waals surface area (Å²) in [7, 11) is 1.85. The zero-order chi connectivity index (χ0) is 14.8. The lowest BCUT2D eigenvalue weighted by atomic mass is 10.1. The fourth-order valence-corrected chi connectivity index (χ4v) is 2.27. The summed E-state index contributed by atoms with van der Waals surface area (Å²) >= 11 is 0. The molecule has 1 aliphatic rings. The standard InChI is InChI=1S/C15H17F2N3O/c1-20-9-11(8-18-12-5-6-12)14(19-20)10-3-2-4-13(7-10)21-15(16)17/h2-4,7,9,12,15,18H,5-6,8H2,1H3. The van der Waals surface area contributed by atoms with Crippen molar-refractivity contribution >= 4 is 0 Å². The average Bonchev–Trinajstić information content (AvgIpc) is 3.18. The van der Waals surface area contributed by atoms with E-state index in [0.717, 1.165) is 23.4 Å². The number of nitrogens with zero attached hydrogens (tertiary/aromatic N) is 2. The van der Waals surface area contributed by atoms with Gasteiger partial charge in [-0.25, -0.2) is 0 Å². The molecule has 1 aromatic carbocycles. The van der Waals surface area contributed by atoms with Crippen LogP contribution in [0.3, 0.4) is 0 Å². The number of alkyl halides is 2. The molecular weight excluding hydrogens is 276 g/mol. The van der Waals surface area contributed by atoms with Crippen LogP contribution in [-0.2, 0) is 13.6 Å². The van der Waals surface area contributed by atoms with Crippen LogP contribution in [0.5, 0.6) is 5.75 Å². The lowest BCUT2D eigenvalue weighted by Gasteiger charge is -2.07. The van der Waals surface area contributed by atoms with E-state index in [9.17, 15) is 8.78 Å². The molecule has 2 aromatic rings. The number of aromatic nitrogens is 2. The number of halogens is 2. The minimum atomic E-state index is -2.82. The fraction of sp³-hybridized carbons (Fsp3) is 0.400. The van der Waals surface area contributed by atoms with Gasteiger partial charge in [-0.1, -0.05) is 12.1 Å². The minimum Gasteiger partial charge on any atom is -0.435 e. The maximum atomic E-state index is 12.3. The predicted octanol–water partition coefficient (Wildman–Crippen LogP) is 2.94. The number of aryl methyl sites for hydroxylation is 1. The van der Waals surface area contributed by atoms with Crippen molar-refractivity contribution in [2.75, 3.05) is 0 Å². The molecule has 0 spiro atoms. The molecule has 0 aliphatic heterocycles. The highest BCUT2D eigenvalue weighted by Gasteiger charge is 2.21. The van der Waals surface area contributed by atoms with Crippen LogP contribution < -0.4 is 10.1 Å². The van der Waals surface area contributed by atoms with Crippen LogP contribution in [0.25, 0.3) is 11.3 Å². The van der Waals surface area contributed by atoms with Crippen LogP contribution >= 0.6 is 0 Å². The maximum Gasteiger partial charge on any atom is 0.387 e. The van der Waals surface area contributed by atoms with E-state index in [4.69, 9.17) is 0 Å². The SMILES string of the molecule is Cn1cc(CNC2CC2)c(-c2cccc(OC(F)F)c2)n1. The average molecular weight is 293 g/mol. The predicted molar refractivity (Wildman–Crippen MR) is 75.1 cm³/mol. The number of nitrogens with one attached hydrogen (secondary N) is 1. The van der Waals surface area contributed by atoms with Crippen LogP contribution in [-0.4, -0.2) is 22.4 Å². The van der Waals surface area contributed by atoms with Crippen LogP contribution in [0.15, 0.2) is 30.5 Å². The molecule has 1 N–H and O–H groups in total. The molecule has 1 fully saturated rings. The molecule has 112 valence electrons. The van der Waals surface area contributed by atoms with Crippen molar-refractivity contribution in [3.8, 4) is 17.0 Å². The second kappa shape index (κ2) is 5.81. The van der Waals surface area contributed by atoms with E-state index in [0.29, 0.717) is 6.04 Å². The molecule has 3 rings (SSSR count). The molecule has 6 heteroatoms. The Morgan fingerprint density at radius 3 is 2.95 bits per heavy atom. The molecule has 1 saturated carbocycles. The van der Waals surface area contributed by atoms with Gasteiger partial charge in [-0.2, -0.15) is 13.9 Å². The first-order valence-electron chi connectivity index (χ1n) is 6.93. The fourth-order valence-electron chi connectivity index (χ4n) is 2.27. The van der Waals surface area contributed by atoms with Crippen molar-refractivity contribution in [1.82, 2.24) is 15.1 Å². The highest BCUT2D eigenvalue weighted by atomic mass is 19.3. The van der Waals surface area contributed by atoms with Gasteiger partial charge in [0.2, 0.25) is 0 Å². The minimum absolute atomic E-state index is 0.147. The zero-order valence-corrected chi connectivity index (χ0v) is 11.7. The van der Waals surface area contributed by atoms with E-state index in [1.807, 2.05) is 19.3 Å². The second-order valence-electron chi connectivity index (χ2n) is 5.24. The highest BCUT2D eigenvalue weighted by Crippen LogP contribution is 2.27. The molecular formula is C15H17F2N3O. The molecule has 0 amide bonds. The molecule has 0 bridgehead atoms. The van der Waals surface area contributed by atoms with Crippen LogP contribution in [0.4, 0.5) is 8.78 Å². The van der Waals surface area contributed by atoms with E-state index < -0.39 is 6.61 Å². The Morgan fingerprint density at radius 2 is 2.24 bits per heavy atom. The van der Waals surface area contributed by atoms with Crippen LogP contribution in [0.1, 0.15) is 18.4 Å². The molecule has 0 radical (unpaired) electrons. The van der Waals surface area contributed by atoms with Gasteiger partial charge in [-0.3, -0.25) is 4.68 Å². The summed E-state index contributed by atoms with van der Waals surface area (Å²) in [4.78, 5) is 0. The quantitative estimate of drug-likeness (QED) is 0.890. The summed E-state index contributed by atoms with van der Waals surface area (Å²) in [5.41, 5.74) is 2.63. The van der Waals surface area contributed by atoms with E-state index in [-0.39, 0.29) is 5.75 Å². The summed E-state index contributed by atoms with van der Waals surface area (Å²) in [6, 6.07) is 7.25. The molecule has 0 atom stereocenters. The van der Waals surface area contributed by atoms with Crippen LogP contribution in [0.2, 0.25) is 0 Å². The van der Waals surface area contributed by atoms with E-state index in [1.54, 1.807) is 16.8 Å². The second-order valence-corrected chi connectivity index (χ2v) is 5.24. The van der Waals surface area contributed by atoms with Gasteiger partial charge in [0.25, 0.3) is 0 Å². The van der Waals surface area contributed by atoms with Gasteiger partial charge < -0.3 is 10.1 Å². The molecule has 4 nitrogen and oxygen atoms in total. The van der Waals surface area contributed by atoms with E-state index in [1.165, 1.54) is 18.9 Å². The zero-order valence-electron chi connectivity index (χ0n) is 11.7. The third-order valence-corrected chi connectivity index (χ3v) is 3.40. The summed E-state index contributed by atoms with van der Waals surface area (Å²) in [6.07, 6.45) is 4.38. The van der Waals surface area contributed by atoms with Gasteiger partial charge in [-0.15, -0.1) is 0 Å². The van der Waals surface area contributed by atoms with Crippen molar-refractivity contribution < 1.29 is 13.5 Å². The highest BCUT2D eigenvalue weighted by molar-refractivity contribution is 5.64. The molecule has 0 saturated heterocycles. The van der Waals surface area contributed by atoms with E-state index in [2.05, 4.69) is 15.2 Å². The van der Waals surface area contributed by atoms with Gasteiger partial charge in [0.05, 0.1) is 5.69 Å². The van der Waals surface area contributed by atoms with Crippen molar-refractivity contribution in [2.45, 2.75) is 32.0 Å². The number of hydrogen-bond acceptors (Lipinski definition) is 3. The molecule has 21 heavy (non-hydrogen) atoms. The summed E-state index contributed by atoms with van der Waals surface area (Å²) in [6.45, 7) is -2.09. The Morgan fingerprint density at radius 1 is 1.43 bits per heavy atom. The first kappa shape index (κ1) is 14.0. The topological polar surface area (TPSA) is 39.1 Å². The molecule has 1 heterocycles. The number of ether oxygens (including phenoxy) is 1. The van der Waals surface area contributed by atoms with Crippen molar-refractivity contribution in [3.05, 3.63) is 36.0 Å². The Bertz CT molecular complexity index is 623. The van der Waals surface area contributed by atoms with Gasteiger partial charge in [0, 0.05) is 37.0 Å². The Labute approximate surface area is 121 Å². The van der Waals surface area contributed by atoms with Crippen molar-refractivity contribution in [2.24, 2.45) is 7.05 Å². The summed E-state index contributed by atoms with van der Waals surface area (Å²) < 4.78 is 30.8. The third kappa shape index (κ3) is 3.58. The number of hydrogen-bond donors (Lipinski definition) is 1. The van der Waals surface area contributed by atoms with Gasteiger partial charge in [0.1, 0.15) is 5.75 Å². The molecule has 1 aromatic heterocycles. The first-order valence-corrected chi connectivity index (χ1v) is 6.93. The Kier molecular flexibility index (Phi) is 3.88. The number of benzene rings is 1.